The van der Waals surface area contributed by atoms with Crippen LogP contribution in [0.3, 0.4) is 0 Å². The molecule has 0 aliphatic carbocycles. The van der Waals surface area contributed by atoms with E-state index in [4.69, 9.17) is 9.84 Å². The molecule has 0 bridgehead atoms. The van der Waals surface area contributed by atoms with Gasteiger partial charge in [-0.2, -0.15) is 5.10 Å². The van der Waals surface area contributed by atoms with E-state index in [-0.39, 0.29) is 17.1 Å². The van der Waals surface area contributed by atoms with Gasteiger partial charge in [-0.3, -0.25) is 9.67 Å². The van der Waals surface area contributed by atoms with Gasteiger partial charge in [-0.15, -0.1) is 0 Å². The zero-order valence-corrected chi connectivity index (χ0v) is 9.40. The fraction of sp³-hybridized carbons (Fsp3) is 0.0909. The van der Waals surface area contributed by atoms with Crippen molar-refractivity contribution in [1.82, 2.24) is 14.8 Å². The molecule has 2 heterocycles. The van der Waals surface area contributed by atoms with Crippen molar-refractivity contribution in [3.63, 3.8) is 0 Å². The second-order valence-corrected chi connectivity index (χ2v) is 3.42. The Morgan fingerprint density at radius 2 is 2.22 bits per heavy atom. The van der Waals surface area contributed by atoms with E-state index in [1.807, 2.05) is 0 Å². The summed E-state index contributed by atoms with van der Waals surface area (Å²) in [6, 6.07) is 4.33. The van der Waals surface area contributed by atoms with Gasteiger partial charge in [-0.25, -0.2) is 9.59 Å². The lowest BCUT2D eigenvalue weighted by molar-refractivity contribution is 0.0683. The topological polar surface area (TPSA) is 94.3 Å². The van der Waals surface area contributed by atoms with E-state index in [0.29, 0.717) is 0 Å². The predicted molar refractivity (Wildman–Crippen MR) is 59.4 cm³/mol. The first kappa shape index (κ1) is 11.8. The average molecular weight is 247 g/mol. The molecule has 0 saturated carbocycles. The van der Waals surface area contributed by atoms with Crippen molar-refractivity contribution in [1.29, 1.82) is 0 Å². The normalized spacial score (nSPS) is 10.1. The molecule has 0 aliphatic heterocycles. The quantitative estimate of drug-likeness (QED) is 0.803. The zero-order valence-electron chi connectivity index (χ0n) is 9.40. The number of carbonyl (C=O) groups is 2. The Balaban J connectivity index is 2.20. The summed E-state index contributed by atoms with van der Waals surface area (Å²) < 4.78 is 6.08. The highest BCUT2D eigenvalue weighted by Crippen LogP contribution is 2.10. The first-order valence-corrected chi connectivity index (χ1v) is 4.97. The van der Waals surface area contributed by atoms with Crippen molar-refractivity contribution in [2.75, 3.05) is 0 Å². The molecule has 0 unspecified atom stereocenters. The van der Waals surface area contributed by atoms with E-state index in [1.54, 1.807) is 18.3 Å². The van der Waals surface area contributed by atoms with E-state index in [2.05, 4.69) is 10.1 Å². The van der Waals surface area contributed by atoms with Crippen molar-refractivity contribution in [3.05, 3.63) is 42.0 Å². The van der Waals surface area contributed by atoms with Crippen LogP contribution >= 0.6 is 0 Å². The van der Waals surface area contributed by atoms with Gasteiger partial charge in [0, 0.05) is 19.3 Å². The molecular formula is C11H9N3O4. The van der Waals surface area contributed by atoms with Gasteiger partial charge in [0.15, 0.2) is 5.69 Å². The largest absolute Gasteiger partial charge is 0.477 e. The summed E-state index contributed by atoms with van der Waals surface area (Å²) in [5, 5.41) is 12.6. The zero-order chi connectivity index (χ0) is 13.1. The summed E-state index contributed by atoms with van der Waals surface area (Å²) in [5.41, 5.74) is -0.160. The maximum absolute atomic E-state index is 11.7. The number of pyridine rings is 1. The van der Waals surface area contributed by atoms with Crippen LogP contribution in [0.5, 0.6) is 5.75 Å². The number of carboxylic acid groups (broad SMARTS) is 1. The number of aromatic nitrogens is 3. The van der Waals surface area contributed by atoms with Crippen LogP contribution in [0.25, 0.3) is 0 Å². The molecule has 0 saturated heterocycles. The molecule has 1 N–H and O–H groups in total. The van der Waals surface area contributed by atoms with Crippen LogP contribution in [0.15, 0.2) is 30.6 Å². The number of rotatable bonds is 3. The molecule has 0 fully saturated rings. The molecule has 7 heteroatoms. The summed E-state index contributed by atoms with van der Waals surface area (Å²) in [5.74, 6) is -1.62. The number of ether oxygens (including phenoxy) is 1. The van der Waals surface area contributed by atoms with E-state index >= 15 is 0 Å². The average Bonchev–Trinajstić information content (AvgIpc) is 2.73. The SMILES string of the molecule is Cn1nc(C(=O)Oc2cccnc2)cc1C(=O)O. The Morgan fingerprint density at radius 1 is 1.44 bits per heavy atom. The van der Waals surface area contributed by atoms with Gasteiger partial charge in [-0.1, -0.05) is 0 Å². The molecule has 0 radical (unpaired) electrons. The van der Waals surface area contributed by atoms with Crippen molar-refractivity contribution in [3.8, 4) is 5.75 Å². The fourth-order valence-corrected chi connectivity index (χ4v) is 1.33. The minimum Gasteiger partial charge on any atom is -0.477 e. The predicted octanol–water partition coefficient (Wildman–Crippen LogP) is 0.733. The molecular weight excluding hydrogens is 238 g/mol. The van der Waals surface area contributed by atoms with Crippen molar-refractivity contribution < 1.29 is 19.4 Å². The van der Waals surface area contributed by atoms with Crippen LogP contribution in [-0.2, 0) is 7.05 Å². The van der Waals surface area contributed by atoms with E-state index in [1.165, 1.54) is 13.2 Å². The number of carbonyl (C=O) groups excluding carboxylic acids is 1. The Bertz CT molecular complexity index is 592. The summed E-state index contributed by atoms with van der Waals surface area (Å²) in [6.07, 6.45) is 2.92. The molecule has 0 aliphatic rings. The third-order valence-electron chi connectivity index (χ3n) is 2.15. The van der Waals surface area contributed by atoms with Crippen LogP contribution in [0, 0.1) is 0 Å². The van der Waals surface area contributed by atoms with Gasteiger partial charge >= 0.3 is 11.9 Å². The van der Waals surface area contributed by atoms with Crippen molar-refractivity contribution in [2.24, 2.45) is 7.05 Å². The van der Waals surface area contributed by atoms with Gasteiger partial charge < -0.3 is 9.84 Å². The van der Waals surface area contributed by atoms with E-state index < -0.39 is 11.9 Å². The fourth-order valence-electron chi connectivity index (χ4n) is 1.33. The molecule has 92 valence electrons. The smallest absolute Gasteiger partial charge is 0.364 e. The van der Waals surface area contributed by atoms with Crippen molar-refractivity contribution in [2.45, 2.75) is 0 Å². The summed E-state index contributed by atoms with van der Waals surface area (Å²) in [7, 11) is 1.43. The second kappa shape index (κ2) is 4.66. The molecule has 7 nitrogen and oxygen atoms in total. The molecule has 2 aromatic heterocycles. The van der Waals surface area contributed by atoms with Crippen LogP contribution in [-0.4, -0.2) is 31.8 Å². The maximum atomic E-state index is 11.7. The Hall–Kier alpha value is -2.70. The third-order valence-corrected chi connectivity index (χ3v) is 2.15. The number of aromatic carboxylic acids is 1. The summed E-state index contributed by atoms with van der Waals surface area (Å²) >= 11 is 0. The minimum atomic E-state index is -1.16. The molecule has 0 spiro atoms. The molecule has 2 aromatic rings. The maximum Gasteiger partial charge on any atom is 0.364 e. The van der Waals surface area contributed by atoms with E-state index in [0.717, 1.165) is 10.7 Å². The number of nitrogens with zero attached hydrogens (tertiary/aromatic N) is 3. The van der Waals surface area contributed by atoms with Crippen LogP contribution in [0.2, 0.25) is 0 Å². The van der Waals surface area contributed by atoms with Gasteiger partial charge in [0.1, 0.15) is 11.4 Å². The Morgan fingerprint density at radius 3 is 2.78 bits per heavy atom. The Labute approximate surface area is 102 Å². The second-order valence-electron chi connectivity index (χ2n) is 3.42. The third kappa shape index (κ3) is 2.34. The standard InChI is InChI=1S/C11H9N3O4/c1-14-9(10(15)16)5-8(13-14)11(17)18-7-3-2-4-12-6-7/h2-6H,1H3,(H,15,16). The number of esters is 1. The molecule has 18 heavy (non-hydrogen) atoms. The lowest BCUT2D eigenvalue weighted by Crippen LogP contribution is -2.10. The van der Waals surface area contributed by atoms with E-state index in [9.17, 15) is 9.59 Å². The lowest BCUT2D eigenvalue weighted by atomic mass is 10.3. The molecule has 2 rings (SSSR count). The summed E-state index contributed by atoms with van der Waals surface area (Å²) in [6.45, 7) is 0. The van der Waals surface area contributed by atoms with Gasteiger partial charge in [0.25, 0.3) is 0 Å². The molecule has 0 atom stereocenters. The van der Waals surface area contributed by atoms with Crippen molar-refractivity contribution >= 4 is 11.9 Å². The number of hydrogen-bond acceptors (Lipinski definition) is 5. The monoisotopic (exact) mass is 247 g/mol. The first-order chi connectivity index (χ1) is 8.58. The van der Waals surface area contributed by atoms with Gasteiger partial charge in [-0.05, 0) is 12.1 Å². The number of aryl methyl sites for hydroxylation is 1. The molecule has 0 amide bonds. The lowest BCUT2D eigenvalue weighted by Gasteiger charge is -1.99. The number of carboxylic acids is 1. The Kier molecular flexibility index (Phi) is 3.05. The van der Waals surface area contributed by atoms with Gasteiger partial charge in [0.2, 0.25) is 0 Å². The summed E-state index contributed by atoms with van der Waals surface area (Å²) in [4.78, 5) is 26.3. The highest BCUT2D eigenvalue weighted by Gasteiger charge is 2.18. The van der Waals surface area contributed by atoms with Gasteiger partial charge in [0.05, 0.1) is 6.20 Å². The first-order valence-electron chi connectivity index (χ1n) is 4.97. The van der Waals surface area contributed by atoms with Crippen LogP contribution in [0.4, 0.5) is 0 Å². The minimum absolute atomic E-state index is 0.0706. The molecule has 0 aromatic carbocycles. The highest BCUT2D eigenvalue weighted by molar-refractivity contribution is 5.93. The number of hydrogen-bond donors (Lipinski definition) is 1. The highest BCUT2D eigenvalue weighted by atomic mass is 16.5. The van der Waals surface area contributed by atoms with Crippen LogP contribution < -0.4 is 4.74 Å². The van der Waals surface area contributed by atoms with Crippen LogP contribution in [0.1, 0.15) is 21.0 Å².